The highest BCUT2D eigenvalue weighted by molar-refractivity contribution is 5.79. The van der Waals surface area contributed by atoms with Crippen LogP contribution in [0.2, 0.25) is 0 Å². The molecular formula is C23H27N7O2. The zero-order chi connectivity index (χ0) is 22.2. The van der Waals surface area contributed by atoms with Crippen molar-refractivity contribution in [2.45, 2.75) is 44.2 Å². The molecule has 0 bridgehead atoms. The third kappa shape index (κ3) is 3.60. The SMILES string of the molecule is COc1cc(-c2cnn([C@@H]3CCN(C(=O)C4CCC(N)CC4)C3)c2)cn2ncc(C#N)c12. The van der Waals surface area contributed by atoms with Gasteiger partial charge in [-0.25, -0.2) is 4.52 Å². The van der Waals surface area contributed by atoms with Crippen molar-refractivity contribution in [3.8, 4) is 22.9 Å². The maximum absolute atomic E-state index is 12.9. The quantitative estimate of drug-likeness (QED) is 0.676. The molecule has 166 valence electrons. The van der Waals surface area contributed by atoms with Crippen LogP contribution in [0.15, 0.2) is 30.9 Å². The zero-order valence-corrected chi connectivity index (χ0v) is 18.1. The molecule has 5 rings (SSSR count). The largest absolute Gasteiger partial charge is 0.494 e. The van der Waals surface area contributed by atoms with Crippen LogP contribution < -0.4 is 10.5 Å². The van der Waals surface area contributed by atoms with E-state index in [0.717, 1.165) is 49.8 Å². The fraction of sp³-hybridized carbons (Fsp3) is 0.478. The molecule has 1 aliphatic heterocycles. The molecule has 1 saturated carbocycles. The molecule has 3 aromatic rings. The van der Waals surface area contributed by atoms with E-state index in [1.807, 2.05) is 34.2 Å². The van der Waals surface area contributed by atoms with Crippen LogP contribution >= 0.6 is 0 Å². The Labute approximate surface area is 186 Å². The molecule has 9 nitrogen and oxygen atoms in total. The van der Waals surface area contributed by atoms with Gasteiger partial charge < -0.3 is 15.4 Å². The van der Waals surface area contributed by atoms with E-state index in [1.54, 1.807) is 11.6 Å². The Balaban J connectivity index is 1.32. The van der Waals surface area contributed by atoms with E-state index < -0.39 is 0 Å². The number of nitrogens with zero attached hydrogens (tertiary/aromatic N) is 6. The van der Waals surface area contributed by atoms with Crippen molar-refractivity contribution >= 4 is 11.4 Å². The Hall–Kier alpha value is -3.38. The van der Waals surface area contributed by atoms with Gasteiger partial charge in [0.25, 0.3) is 0 Å². The average molecular weight is 434 g/mol. The van der Waals surface area contributed by atoms with Crippen LogP contribution in [0.5, 0.6) is 5.75 Å². The first kappa shape index (κ1) is 20.5. The third-order valence-electron chi connectivity index (χ3n) is 6.82. The Morgan fingerprint density at radius 1 is 1.16 bits per heavy atom. The lowest BCUT2D eigenvalue weighted by molar-refractivity contribution is -0.135. The highest BCUT2D eigenvalue weighted by Crippen LogP contribution is 2.32. The normalized spacial score (nSPS) is 23.4. The predicted octanol–water partition coefficient (Wildman–Crippen LogP) is 2.37. The number of fused-ring (bicyclic) bond motifs is 1. The summed E-state index contributed by atoms with van der Waals surface area (Å²) in [5.41, 5.74) is 8.95. The maximum Gasteiger partial charge on any atom is 0.225 e. The standard InChI is InChI=1S/C23H27N7O2/c1-32-21-8-16(12-30-22(21)17(9-24)10-27-30)18-11-26-29(13-18)20-6-7-28(14-20)23(31)15-2-4-19(25)5-3-15/h8,10-13,15,19-20H,2-7,14,25H2,1H3/t15?,19?,20-/m1/s1. The van der Waals surface area contributed by atoms with Gasteiger partial charge in [-0.3, -0.25) is 9.48 Å². The zero-order valence-electron chi connectivity index (χ0n) is 18.1. The lowest BCUT2D eigenvalue weighted by atomic mass is 9.85. The molecule has 1 atom stereocenters. The summed E-state index contributed by atoms with van der Waals surface area (Å²) < 4.78 is 9.13. The number of rotatable bonds is 4. The van der Waals surface area contributed by atoms with Gasteiger partial charge in [0.1, 0.15) is 22.9 Å². The van der Waals surface area contributed by atoms with Crippen LogP contribution in [0, 0.1) is 17.2 Å². The van der Waals surface area contributed by atoms with Crippen molar-refractivity contribution in [2.24, 2.45) is 11.7 Å². The number of likely N-dealkylation sites (tertiary alicyclic amines) is 1. The lowest BCUT2D eigenvalue weighted by Gasteiger charge is -2.28. The molecule has 1 saturated heterocycles. The number of aromatic nitrogens is 4. The molecule has 1 aliphatic carbocycles. The van der Waals surface area contributed by atoms with Crippen molar-refractivity contribution in [2.75, 3.05) is 20.2 Å². The minimum absolute atomic E-state index is 0.119. The highest BCUT2D eigenvalue weighted by atomic mass is 16.5. The molecule has 3 aromatic heterocycles. The fourth-order valence-corrected chi connectivity index (χ4v) is 4.95. The number of ether oxygens (including phenoxy) is 1. The van der Waals surface area contributed by atoms with Crippen LogP contribution in [0.25, 0.3) is 16.6 Å². The molecular weight excluding hydrogens is 406 g/mol. The minimum Gasteiger partial charge on any atom is -0.494 e. The number of hydrogen-bond donors (Lipinski definition) is 1. The molecule has 1 amide bonds. The van der Waals surface area contributed by atoms with Crippen molar-refractivity contribution in [1.29, 1.82) is 5.26 Å². The molecule has 0 radical (unpaired) electrons. The van der Waals surface area contributed by atoms with Gasteiger partial charge in [0.2, 0.25) is 5.91 Å². The molecule has 2 N–H and O–H groups in total. The van der Waals surface area contributed by atoms with E-state index in [9.17, 15) is 10.1 Å². The van der Waals surface area contributed by atoms with Crippen LogP contribution in [-0.2, 0) is 4.79 Å². The number of nitriles is 1. The highest BCUT2D eigenvalue weighted by Gasteiger charge is 2.33. The smallest absolute Gasteiger partial charge is 0.225 e. The van der Waals surface area contributed by atoms with E-state index >= 15 is 0 Å². The van der Waals surface area contributed by atoms with Gasteiger partial charge in [-0.05, 0) is 38.2 Å². The summed E-state index contributed by atoms with van der Waals surface area (Å²) in [6.07, 6.45) is 11.8. The lowest BCUT2D eigenvalue weighted by Crippen LogP contribution is -2.38. The summed E-state index contributed by atoms with van der Waals surface area (Å²) in [7, 11) is 1.58. The first-order valence-electron chi connectivity index (χ1n) is 11.1. The first-order chi connectivity index (χ1) is 15.6. The molecule has 2 aliphatic rings. The van der Waals surface area contributed by atoms with Gasteiger partial charge in [0.05, 0.1) is 25.5 Å². The van der Waals surface area contributed by atoms with Gasteiger partial charge >= 0.3 is 0 Å². The van der Waals surface area contributed by atoms with Gasteiger partial charge in [0, 0.05) is 48.6 Å². The fourth-order valence-electron chi connectivity index (χ4n) is 4.95. The summed E-state index contributed by atoms with van der Waals surface area (Å²) in [5.74, 6) is 0.983. The summed E-state index contributed by atoms with van der Waals surface area (Å²) in [6.45, 7) is 1.46. The van der Waals surface area contributed by atoms with Crippen molar-refractivity contribution < 1.29 is 9.53 Å². The molecule has 4 heterocycles. The van der Waals surface area contributed by atoms with E-state index in [0.29, 0.717) is 23.4 Å². The molecule has 0 spiro atoms. The van der Waals surface area contributed by atoms with E-state index in [-0.39, 0.29) is 23.9 Å². The summed E-state index contributed by atoms with van der Waals surface area (Å²) >= 11 is 0. The van der Waals surface area contributed by atoms with Crippen LogP contribution in [0.3, 0.4) is 0 Å². The summed E-state index contributed by atoms with van der Waals surface area (Å²) in [4.78, 5) is 14.9. The van der Waals surface area contributed by atoms with Gasteiger partial charge in [-0.15, -0.1) is 0 Å². The topological polar surface area (TPSA) is 114 Å². The average Bonchev–Trinajstić information content (AvgIpc) is 3.57. The number of nitrogens with two attached hydrogens (primary N) is 1. The van der Waals surface area contributed by atoms with E-state index in [1.165, 1.54) is 6.20 Å². The van der Waals surface area contributed by atoms with Crippen LogP contribution in [-0.4, -0.2) is 56.4 Å². The van der Waals surface area contributed by atoms with Gasteiger partial charge in [-0.1, -0.05) is 0 Å². The van der Waals surface area contributed by atoms with Crippen LogP contribution in [0.1, 0.15) is 43.7 Å². The molecule has 32 heavy (non-hydrogen) atoms. The van der Waals surface area contributed by atoms with Crippen LogP contribution in [0.4, 0.5) is 0 Å². The Morgan fingerprint density at radius 2 is 1.97 bits per heavy atom. The van der Waals surface area contributed by atoms with Crippen molar-refractivity contribution in [3.63, 3.8) is 0 Å². The number of pyridine rings is 1. The second-order valence-electron chi connectivity index (χ2n) is 8.81. The van der Waals surface area contributed by atoms with E-state index in [4.69, 9.17) is 10.5 Å². The Morgan fingerprint density at radius 3 is 2.72 bits per heavy atom. The number of carbonyl (C=O) groups is 1. The minimum atomic E-state index is 0.119. The third-order valence-corrected chi connectivity index (χ3v) is 6.82. The second-order valence-corrected chi connectivity index (χ2v) is 8.81. The number of amides is 1. The molecule has 2 fully saturated rings. The Kier molecular flexibility index (Phi) is 5.31. The molecule has 0 unspecified atom stereocenters. The van der Waals surface area contributed by atoms with Gasteiger partial charge in [-0.2, -0.15) is 15.5 Å². The van der Waals surface area contributed by atoms with E-state index in [2.05, 4.69) is 16.3 Å². The number of carbonyl (C=O) groups excluding carboxylic acids is 1. The first-order valence-corrected chi connectivity index (χ1v) is 11.1. The molecule has 0 aromatic carbocycles. The summed E-state index contributed by atoms with van der Waals surface area (Å²) in [6, 6.07) is 4.46. The van der Waals surface area contributed by atoms with Crippen molar-refractivity contribution in [3.05, 3.63) is 36.4 Å². The maximum atomic E-state index is 12.9. The second kappa shape index (κ2) is 8.28. The summed E-state index contributed by atoms with van der Waals surface area (Å²) in [5, 5.41) is 18.2. The number of hydrogen-bond acceptors (Lipinski definition) is 6. The number of methoxy groups -OCH3 is 1. The van der Waals surface area contributed by atoms with Crippen molar-refractivity contribution in [1.82, 2.24) is 24.3 Å². The predicted molar refractivity (Wildman–Crippen MR) is 118 cm³/mol. The molecule has 9 heteroatoms. The Bertz CT molecular complexity index is 1180. The van der Waals surface area contributed by atoms with Gasteiger partial charge in [0.15, 0.2) is 0 Å². The monoisotopic (exact) mass is 433 g/mol.